The highest BCUT2D eigenvalue weighted by atomic mass is 16.5. The number of hydrogen-bond donors (Lipinski definition) is 1. The molecule has 0 aliphatic carbocycles. The lowest BCUT2D eigenvalue weighted by atomic mass is 10.2. The number of unbranched alkanes of at least 4 members (excludes halogenated alkanes) is 1. The largest absolute Gasteiger partial charge is 0.497 e. The predicted molar refractivity (Wildman–Crippen MR) is 136 cm³/mol. The molecule has 0 bridgehead atoms. The van der Waals surface area contributed by atoms with Crippen LogP contribution >= 0.6 is 0 Å². The number of benzene rings is 1. The summed E-state index contributed by atoms with van der Waals surface area (Å²) < 4.78 is 8.99. The number of nitrogens with one attached hydrogen (secondary N) is 1. The van der Waals surface area contributed by atoms with Crippen LogP contribution in [0.1, 0.15) is 37.8 Å². The molecule has 1 atom stereocenters. The third kappa shape index (κ3) is 5.42. The van der Waals surface area contributed by atoms with E-state index in [0.29, 0.717) is 18.1 Å². The zero-order valence-electron chi connectivity index (χ0n) is 20.8. The van der Waals surface area contributed by atoms with Crippen LogP contribution in [0.25, 0.3) is 11.2 Å². The molecule has 0 saturated carbocycles. The van der Waals surface area contributed by atoms with Crippen LogP contribution < -0.4 is 15.7 Å². The summed E-state index contributed by atoms with van der Waals surface area (Å²) in [7, 11) is 5.84. The number of hydrogen-bond acceptors (Lipinski definition) is 7. The van der Waals surface area contributed by atoms with Gasteiger partial charge in [-0.05, 0) is 44.6 Å². The first kappa shape index (κ1) is 24.2. The number of methoxy groups -OCH3 is 1. The molecule has 1 unspecified atom stereocenters. The van der Waals surface area contributed by atoms with Crippen molar-refractivity contribution in [3.63, 3.8) is 0 Å². The number of anilines is 1. The summed E-state index contributed by atoms with van der Waals surface area (Å²) in [5.74, 6) is 1.37. The van der Waals surface area contributed by atoms with Crippen molar-refractivity contribution < 1.29 is 4.74 Å². The van der Waals surface area contributed by atoms with Gasteiger partial charge in [-0.2, -0.15) is 4.98 Å². The maximum Gasteiger partial charge on any atom is 0.330 e. The lowest BCUT2D eigenvalue weighted by Gasteiger charge is -2.19. The molecule has 2 aromatic heterocycles. The fourth-order valence-corrected chi connectivity index (χ4v) is 4.50. The van der Waals surface area contributed by atoms with Gasteiger partial charge in [0.15, 0.2) is 5.65 Å². The summed E-state index contributed by atoms with van der Waals surface area (Å²) in [6.07, 6.45) is 4.90. The molecule has 0 amide bonds. The van der Waals surface area contributed by atoms with Crippen molar-refractivity contribution in [2.24, 2.45) is 0 Å². The van der Waals surface area contributed by atoms with Gasteiger partial charge in [-0.3, -0.25) is 14.0 Å². The van der Waals surface area contributed by atoms with Crippen LogP contribution in [0.3, 0.4) is 0 Å². The van der Waals surface area contributed by atoms with E-state index in [9.17, 15) is 4.79 Å². The van der Waals surface area contributed by atoms with Crippen LogP contribution in [-0.4, -0.2) is 82.8 Å². The van der Waals surface area contributed by atoms with Gasteiger partial charge in [-0.25, -0.2) is 9.78 Å². The second-order valence-corrected chi connectivity index (χ2v) is 9.32. The minimum absolute atomic E-state index is 0.0229. The number of likely N-dealkylation sites (tertiary alicyclic amines) is 1. The third-order valence-electron chi connectivity index (χ3n) is 6.49. The number of likely N-dealkylation sites (N-methyl/N-ethyl adjacent to an activating group) is 1. The SMILES string of the molecule is CCCCNc1ncc2c(n1)n(Cc1ccc(OC)cc1)c(=O)n2C1CCN(CCN(C)C)C1. The smallest absolute Gasteiger partial charge is 0.330 e. The van der Waals surface area contributed by atoms with Crippen molar-refractivity contribution >= 4 is 17.1 Å². The molecule has 9 nitrogen and oxygen atoms in total. The monoisotopic (exact) mass is 467 g/mol. The molecule has 1 aliphatic heterocycles. The first-order valence-corrected chi connectivity index (χ1v) is 12.2. The second kappa shape index (κ2) is 11.0. The van der Waals surface area contributed by atoms with E-state index in [1.54, 1.807) is 11.7 Å². The van der Waals surface area contributed by atoms with Crippen molar-refractivity contribution in [2.45, 2.75) is 38.8 Å². The highest BCUT2D eigenvalue weighted by Crippen LogP contribution is 2.25. The molecule has 0 spiro atoms. The molecule has 9 heteroatoms. The molecule has 3 aromatic rings. The molecule has 34 heavy (non-hydrogen) atoms. The van der Waals surface area contributed by atoms with E-state index in [0.717, 1.165) is 68.8 Å². The van der Waals surface area contributed by atoms with Gasteiger partial charge in [0.2, 0.25) is 5.95 Å². The number of imidazole rings is 1. The average Bonchev–Trinajstić information content (AvgIpc) is 3.40. The lowest BCUT2D eigenvalue weighted by Crippen LogP contribution is -2.32. The van der Waals surface area contributed by atoms with Crippen molar-refractivity contribution in [3.8, 4) is 5.75 Å². The number of fused-ring (bicyclic) bond motifs is 1. The standard InChI is InChI=1S/C25H37N7O2/c1-5-6-12-26-24-27-16-22-23(28-24)31(17-19-7-9-21(34-4)10-8-19)25(33)32(22)20-11-13-30(18-20)15-14-29(2)3/h7-10,16,20H,5-6,11-15,17-18H2,1-4H3,(H,26,27,28). The summed E-state index contributed by atoms with van der Waals surface area (Å²) in [6, 6.07) is 7.96. The Bertz CT molecular complexity index is 1140. The molecule has 0 radical (unpaired) electrons. The van der Waals surface area contributed by atoms with Crippen LogP contribution in [0.4, 0.5) is 5.95 Å². The molecule has 1 saturated heterocycles. The van der Waals surface area contributed by atoms with Gasteiger partial charge in [0, 0.05) is 32.7 Å². The zero-order valence-corrected chi connectivity index (χ0v) is 20.8. The van der Waals surface area contributed by atoms with E-state index in [1.165, 1.54) is 0 Å². The Morgan fingerprint density at radius 3 is 2.74 bits per heavy atom. The molecule has 3 heterocycles. The summed E-state index contributed by atoms with van der Waals surface area (Å²) in [4.78, 5) is 27.7. The molecular weight excluding hydrogens is 430 g/mol. The fourth-order valence-electron chi connectivity index (χ4n) is 4.50. The Balaban J connectivity index is 1.67. The third-order valence-corrected chi connectivity index (χ3v) is 6.49. The number of nitrogens with zero attached hydrogens (tertiary/aromatic N) is 6. The van der Waals surface area contributed by atoms with Gasteiger partial charge >= 0.3 is 5.69 Å². The van der Waals surface area contributed by atoms with E-state index in [-0.39, 0.29) is 11.7 Å². The average molecular weight is 468 g/mol. The molecule has 1 aliphatic rings. The lowest BCUT2D eigenvalue weighted by molar-refractivity contribution is 0.275. The molecule has 1 aromatic carbocycles. The van der Waals surface area contributed by atoms with Gasteiger partial charge in [0.25, 0.3) is 0 Å². The second-order valence-electron chi connectivity index (χ2n) is 9.32. The van der Waals surface area contributed by atoms with Crippen molar-refractivity contribution in [2.75, 3.05) is 59.2 Å². The number of ether oxygens (including phenoxy) is 1. The topological polar surface area (TPSA) is 80.4 Å². The Kier molecular flexibility index (Phi) is 7.84. The van der Waals surface area contributed by atoms with Gasteiger partial charge in [0.1, 0.15) is 11.3 Å². The van der Waals surface area contributed by atoms with E-state index in [2.05, 4.69) is 41.1 Å². The minimum atomic E-state index is -0.0229. The summed E-state index contributed by atoms with van der Waals surface area (Å²) >= 11 is 0. The first-order valence-electron chi connectivity index (χ1n) is 12.2. The van der Waals surface area contributed by atoms with Gasteiger partial charge in [0.05, 0.1) is 25.9 Å². The Morgan fingerprint density at radius 2 is 2.03 bits per heavy atom. The molecule has 1 N–H and O–H groups in total. The maximum atomic E-state index is 13.7. The Hall–Kier alpha value is -2.91. The normalized spacial score (nSPS) is 16.6. The number of rotatable bonds is 11. The summed E-state index contributed by atoms with van der Waals surface area (Å²) in [5.41, 5.74) is 2.49. The molecule has 184 valence electrons. The Labute approximate surface area is 201 Å². The van der Waals surface area contributed by atoms with Crippen LogP contribution in [0.2, 0.25) is 0 Å². The quantitative estimate of drug-likeness (QED) is 0.434. The van der Waals surface area contributed by atoms with E-state index >= 15 is 0 Å². The first-order chi connectivity index (χ1) is 16.5. The predicted octanol–water partition coefficient (Wildman–Crippen LogP) is 2.67. The van der Waals surface area contributed by atoms with Crippen molar-refractivity contribution in [1.82, 2.24) is 28.9 Å². The summed E-state index contributed by atoms with van der Waals surface area (Å²) in [6.45, 7) is 7.30. The van der Waals surface area contributed by atoms with Gasteiger partial charge in [-0.15, -0.1) is 0 Å². The maximum absolute atomic E-state index is 13.7. The van der Waals surface area contributed by atoms with Crippen molar-refractivity contribution in [3.05, 3.63) is 46.5 Å². The number of aromatic nitrogens is 4. The van der Waals surface area contributed by atoms with E-state index in [1.807, 2.05) is 35.0 Å². The van der Waals surface area contributed by atoms with Crippen molar-refractivity contribution in [1.29, 1.82) is 0 Å². The van der Waals surface area contributed by atoms with Crippen LogP contribution in [0.5, 0.6) is 5.75 Å². The molecular formula is C25H37N7O2. The summed E-state index contributed by atoms with van der Waals surface area (Å²) in [5, 5.41) is 3.30. The minimum Gasteiger partial charge on any atom is -0.497 e. The van der Waals surface area contributed by atoms with Crippen LogP contribution in [0.15, 0.2) is 35.3 Å². The Morgan fingerprint density at radius 1 is 1.24 bits per heavy atom. The van der Waals surface area contributed by atoms with Crippen LogP contribution in [-0.2, 0) is 6.54 Å². The molecule has 1 fully saturated rings. The highest BCUT2D eigenvalue weighted by molar-refractivity contribution is 5.72. The highest BCUT2D eigenvalue weighted by Gasteiger charge is 2.28. The zero-order chi connectivity index (χ0) is 24.1. The fraction of sp³-hybridized carbons (Fsp3) is 0.560. The molecule has 4 rings (SSSR count). The van der Waals surface area contributed by atoms with Gasteiger partial charge in [-0.1, -0.05) is 25.5 Å². The van der Waals surface area contributed by atoms with E-state index in [4.69, 9.17) is 9.72 Å². The van der Waals surface area contributed by atoms with Gasteiger partial charge < -0.3 is 15.0 Å². The van der Waals surface area contributed by atoms with Crippen LogP contribution in [0, 0.1) is 0 Å². The van der Waals surface area contributed by atoms with E-state index < -0.39 is 0 Å².